The number of thiol groups is 1. The summed E-state index contributed by atoms with van der Waals surface area (Å²) >= 11 is 3.81. The first-order valence-electron chi connectivity index (χ1n) is 7.04. The number of carbonyl (C=O) groups is 2. The summed E-state index contributed by atoms with van der Waals surface area (Å²) in [6, 6.07) is 5.61. The van der Waals surface area contributed by atoms with E-state index in [4.69, 9.17) is 4.74 Å². The summed E-state index contributed by atoms with van der Waals surface area (Å²) in [6.45, 7) is 3.22. The maximum absolute atomic E-state index is 11.9. The van der Waals surface area contributed by atoms with Crippen LogP contribution < -0.4 is 10.1 Å². The van der Waals surface area contributed by atoms with Crippen molar-refractivity contribution in [1.82, 2.24) is 4.90 Å². The summed E-state index contributed by atoms with van der Waals surface area (Å²) < 4.78 is 5.49. The quantitative estimate of drug-likeness (QED) is 0.821. The normalized spacial score (nSPS) is 16.0. The average molecular weight is 308 g/mol. The van der Waals surface area contributed by atoms with E-state index in [9.17, 15) is 9.59 Å². The summed E-state index contributed by atoms with van der Waals surface area (Å²) in [5, 5.41) is 3.17. The fraction of sp³-hybridized carbons (Fsp3) is 0.467. The fourth-order valence-corrected chi connectivity index (χ4v) is 2.52. The first-order valence-corrected chi connectivity index (χ1v) is 7.49. The van der Waals surface area contributed by atoms with Crippen LogP contribution in [0, 0.1) is 0 Å². The second-order valence-corrected chi connectivity index (χ2v) is 5.61. The number of nitrogens with zero attached hydrogens (tertiary/aromatic N) is 1. The Kier molecular flexibility index (Phi) is 5.12. The molecule has 114 valence electrons. The van der Waals surface area contributed by atoms with Crippen LogP contribution in [0.2, 0.25) is 0 Å². The summed E-state index contributed by atoms with van der Waals surface area (Å²) in [6.07, 6.45) is 0.730. The number of hydrogen-bond acceptors (Lipinski definition) is 4. The van der Waals surface area contributed by atoms with Crippen LogP contribution >= 0.6 is 12.6 Å². The van der Waals surface area contributed by atoms with Gasteiger partial charge in [0, 0.05) is 43.7 Å². The van der Waals surface area contributed by atoms with Gasteiger partial charge in [-0.05, 0) is 25.5 Å². The lowest BCUT2D eigenvalue weighted by atomic mass is 9.95. The maximum Gasteiger partial charge on any atom is 0.414 e. The van der Waals surface area contributed by atoms with Crippen molar-refractivity contribution in [3.8, 4) is 5.75 Å². The van der Waals surface area contributed by atoms with Gasteiger partial charge in [0.2, 0.25) is 0 Å². The molecule has 1 aliphatic rings. The van der Waals surface area contributed by atoms with Crippen molar-refractivity contribution >= 4 is 29.5 Å². The molecule has 1 N–H and O–H groups in total. The number of nitrogens with one attached hydrogen (secondary N) is 1. The molecule has 0 aromatic heterocycles. The van der Waals surface area contributed by atoms with E-state index in [1.807, 2.05) is 19.1 Å². The molecule has 1 amide bonds. The second-order valence-electron chi connectivity index (χ2n) is 5.11. The van der Waals surface area contributed by atoms with Gasteiger partial charge >= 0.3 is 6.09 Å². The molecule has 6 heteroatoms. The molecule has 21 heavy (non-hydrogen) atoms. The van der Waals surface area contributed by atoms with Gasteiger partial charge in [-0.3, -0.25) is 4.79 Å². The topological polar surface area (TPSA) is 58.6 Å². The zero-order valence-electron chi connectivity index (χ0n) is 12.3. The number of amides is 1. The molecule has 0 saturated carbocycles. The lowest BCUT2D eigenvalue weighted by Crippen LogP contribution is -2.29. The minimum absolute atomic E-state index is 0.122. The van der Waals surface area contributed by atoms with Gasteiger partial charge in [0.05, 0.1) is 0 Å². The largest absolute Gasteiger partial charge is 0.414 e. The predicted molar refractivity (Wildman–Crippen MR) is 85.2 cm³/mol. The van der Waals surface area contributed by atoms with E-state index in [2.05, 4.69) is 17.9 Å². The highest BCUT2D eigenvalue weighted by Crippen LogP contribution is 2.41. The van der Waals surface area contributed by atoms with Gasteiger partial charge in [0.25, 0.3) is 0 Å². The van der Waals surface area contributed by atoms with Crippen LogP contribution in [0.4, 0.5) is 10.5 Å². The van der Waals surface area contributed by atoms with Gasteiger partial charge < -0.3 is 15.0 Å². The number of benzene rings is 1. The van der Waals surface area contributed by atoms with E-state index in [1.165, 1.54) is 4.90 Å². The summed E-state index contributed by atoms with van der Waals surface area (Å²) in [7, 11) is 1.70. The molecule has 1 aromatic rings. The minimum Gasteiger partial charge on any atom is -0.410 e. The molecule has 0 radical (unpaired) electrons. The fourth-order valence-electron chi connectivity index (χ4n) is 2.39. The van der Waals surface area contributed by atoms with Crippen LogP contribution in [-0.4, -0.2) is 36.2 Å². The highest BCUT2D eigenvalue weighted by atomic mass is 32.1. The Labute approximate surface area is 130 Å². The van der Waals surface area contributed by atoms with E-state index >= 15 is 0 Å². The van der Waals surface area contributed by atoms with Gasteiger partial charge in [-0.15, -0.1) is 12.6 Å². The van der Waals surface area contributed by atoms with Crippen LogP contribution in [0.3, 0.4) is 0 Å². The Hall–Kier alpha value is -1.69. The van der Waals surface area contributed by atoms with Crippen molar-refractivity contribution in [3.05, 3.63) is 23.8 Å². The van der Waals surface area contributed by atoms with Crippen molar-refractivity contribution in [2.24, 2.45) is 0 Å². The standard InChI is InChI=1S/C15H20N2O3S/c1-3-17(2)15(19)20-12-6-4-5-11-14(12)10(9-16-11)7-8-13(18)21/h4-6,10,16H,3,7-9H2,1-2H3,(H,18,21). The van der Waals surface area contributed by atoms with Crippen LogP contribution in [0.5, 0.6) is 5.75 Å². The van der Waals surface area contributed by atoms with E-state index in [0.29, 0.717) is 25.1 Å². The van der Waals surface area contributed by atoms with Crippen LogP contribution in [0.25, 0.3) is 0 Å². The van der Waals surface area contributed by atoms with Crippen molar-refractivity contribution in [2.75, 3.05) is 25.5 Å². The Morgan fingerprint density at radius 1 is 1.48 bits per heavy atom. The van der Waals surface area contributed by atoms with Crippen molar-refractivity contribution in [3.63, 3.8) is 0 Å². The molecule has 5 nitrogen and oxygen atoms in total. The lowest BCUT2D eigenvalue weighted by Gasteiger charge is -2.17. The number of carbonyl (C=O) groups excluding carboxylic acids is 2. The number of ether oxygens (including phenoxy) is 1. The molecular weight excluding hydrogens is 288 g/mol. The summed E-state index contributed by atoms with van der Waals surface area (Å²) in [4.78, 5) is 24.5. The Morgan fingerprint density at radius 2 is 2.24 bits per heavy atom. The van der Waals surface area contributed by atoms with E-state index in [1.54, 1.807) is 13.1 Å². The number of hydrogen-bond donors (Lipinski definition) is 2. The summed E-state index contributed by atoms with van der Waals surface area (Å²) in [5.41, 5.74) is 1.95. The van der Waals surface area contributed by atoms with Crippen LogP contribution in [0.1, 0.15) is 31.2 Å². The zero-order chi connectivity index (χ0) is 15.4. The molecule has 1 unspecified atom stereocenters. The monoisotopic (exact) mass is 308 g/mol. The lowest BCUT2D eigenvalue weighted by molar-refractivity contribution is -0.110. The Bertz CT molecular complexity index is 548. The van der Waals surface area contributed by atoms with Gasteiger partial charge in [-0.25, -0.2) is 4.79 Å². The third kappa shape index (κ3) is 3.69. The number of fused-ring (bicyclic) bond motifs is 1. The average Bonchev–Trinajstić information content (AvgIpc) is 2.88. The zero-order valence-corrected chi connectivity index (χ0v) is 13.2. The SMILES string of the molecule is CCN(C)C(=O)Oc1cccc2c1C(CCC(=O)S)CN2. The first kappa shape index (κ1) is 15.7. The Morgan fingerprint density at radius 3 is 2.90 bits per heavy atom. The maximum atomic E-state index is 11.9. The molecule has 0 fully saturated rings. The van der Waals surface area contributed by atoms with E-state index in [0.717, 1.165) is 17.8 Å². The molecule has 2 rings (SSSR count). The van der Waals surface area contributed by atoms with Crippen LogP contribution in [0.15, 0.2) is 18.2 Å². The highest BCUT2D eigenvalue weighted by Gasteiger charge is 2.27. The van der Waals surface area contributed by atoms with Gasteiger partial charge in [0.15, 0.2) is 5.12 Å². The van der Waals surface area contributed by atoms with E-state index in [-0.39, 0.29) is 17.1 Å². The van der Waals surface area contributed by atoms with Gasteiger partial charge in [0.1, 0.15) is 5.75 Å². The van der Waals surface area contributed by atoms with Gasteiger partial charge in [-0.1, -0.05) is 6.07 Å². The van der Waals surface area contributed by atoms with E-state index < -0.39 is 0 Å². The smallest absolute Gasteiger partial charge is 0.410 e. The van der Waals surface area contributed by atoms with Gasteiger partial charge in [-0.2, -0.15) is 0 Å². The molecule has 1 heterocycles. The molecule has 1 aromatic carbocycles. The molecular formula is C15H20N2O3S. The third-order valence-electron chi connectivity index (χ3n) is 3.70. The number of rotatable bonds is 5. The minimum atomic E-state index is -0.373. The molecule has 0 aliphatic carbocycles. The third-order valence-corrected chi connectivity index (χ3v) is 3.93. The number of anilines is 1. The van der Waals surface area contributed by atoms with Crippen LogP contribution in [-0.2, 0) is 4.79 Å². The second kappa shape index (κ2) is 6.85. The van der Waals surface area contributed by atoms with Crippen molar-refractivity contribution in [1.29, 1.82) is 0 Å². The molecule has 1 aliphatic heterocycles. The first-order chi connectivity index (χ1) is 10.0. The van der Waals surface area contributed by atoms with Crippen molar-refractivity contribution in [2.45, 2.75) is 25.7 Å². The molecule has 0 spiro atoms. The Balaban J connectivity index is 2.18. The molecule has 0 saturated heterocycles. The predicted octanol–water partition coefficient (Wildman–Crippen LogP) is 2.88. The molecule has 1 atom stereocenters. The van der Waals surface area contributed by atoms with Crippen molar-refractivity contribution < 1.29 is 14.3 Å². The highest BCUT2D eigenvalue weighted by molar-refractivity contribution is 7.96. The summed E-state index contributed by atoms with van der Waals surface area (Å²) in [5.74, 6) is 0.728. The molecule has 0 bridgehead atoms.